The van der Waals surface area contributed by atoms with Crippen molar-refractivity contribution in [2.75, 3.05) is 26.3 Å². The molecule has 23 heavy (non-hydrogen) atoms. The van der Waals surface area contributed by atoms with E-state index in [1.165, 1.54) is 6.42 Å². The summed E-state index contributed by atoms with van der Waals surface area (Å²) in [5, 5.41) is 0. The standard InChI is InChI=1S/C17H27N3O3/c1-14(23-12-16-6-2-3-10-22-16)17(21)19-8-4-5-15(11-19)20-9-7-18-13-20/h7,9,13-16H,2-6,8,10-12H2,1H3/t14-,15-,16+/m0/s1. The van der Waals surface area contributed by atoms with Crippen LogP contribution in [0.15, 0.2) is 18.7 Å². The minimum Gasteiger partial charge on any atom is -0.376 e. The second kappa shape index (κ2) is 7.93. The van der Waals surface area contributed by atoms with E-state index < -0.39 is 6.10 Å². The largest absolute Gasteiger partial charge is 0.376 e. The number of rotatable bonds is 5. The molecule has 0 spiro atoms. The molecule has 0 aromatic carbocycles. The van der Waals surface area contributed by atoms with Crippen molar-refractivity contribution in [1.29, 1.82) is 0 Å². The Morgan fingerprint density at radius 3 is 3.04 bits per heavy atom. The Kier molecular flexibility index (Phi) is 5.67. The first-order chi connectivity index (χ1) is 11.2. The third kappa shape index (κ3) is 4.32. The minimum absolute atomic E-state index is 0.0885. The second-order valence-corrected chi connectivity index (χ2v) is 6.55. The lowest BCUT2D eigenvalue weighted by Crippen LogP contribution is -2.45. The fraction of sp³-hybridized carbons (Fsp3) is 0.765. The maximum Gasteiger partial charge on any atom is 0.251 e. The Balaban J connectivity index is 1.48. The SMILES string of the molecule is C[C@H](OC[C@H]1CCCCO1)C(=O)N1CCC[C@H](n2ccnc2)C1. The van der Waals surface area contributed by atoms with Crippen LogP contribution in [-0.4, -0.2) is 58.9 Å². The first-order valence-corrected chi connectivity index (χ1v) is 8.73. The molecule has 2 aliphatic heterocycles. The molecule has 0 radical (unpaired) electrons. The number of hydrogen-bond donors (Lipinski definition) is 0. The van der Waals surface area contributed by atoms with Crippen molar-refractivity contribution in [3.8, 4) is 0 Å². The smallest absolute Gasteiger partial charge is 0.251 e. The Morgan fingerprint density at radius 1 is 1.39 bits per heavy atom. The maximum absolute atomic E-state index is 12.6. The summed E-state index contributed by atoms with van der Waals surface area (Å²) < 4.78 is 13.5. The molecule has 0 saturated carbocycles. The number of ether oxygens (including phenoxy) is 2. The molecule has 0 N–H and O–H groups in total. The summed E-state index contributed by atoms with van der Waals surface area (Å²) in [5.41, 5.74) is 0. The van der Waals surface area contributed by atoms with Crippen LogP contribution in [-0.2, 0) is 14.3 Å². The van der Waals surface area contributed by atoms with Crippen LogP contribution < -0.4 is 0 Å². The molecule has 1 aromatic heterocycles. The summed E-state index contributed by atoms with van der Waals surface area (Å²) in [6.45, 7) is 4.74. The van der Waals surface area contributed by atoms with Crippen molar-refractivity contribution >= 4 is 5.91 Å². The summed E-state index contributed by atoms with van der Waals surface area (Å²) in [5.74, 6) is 0.0885. The normalized spacial score (nSPS) is 26.9. The molecule has 2 saturated heterocycles. The van der Waals surface area contributed by atoms with Gasteiger partial charge in [-0.1, -0.05) is 0 Å². The molecule has 0 aliphatic carbocycles. The first-order valence-electron chi connectivity index (χ1n) is 8.73. The van der Waals surface area contributed by atoms with E-state index in [0.717, 1.165) is 45.4 Å². The van der Waals surface area contributed by atoms with E-state index in [9.17, 15) is 4.79 Å². The summed E-state index contributed by atoms with van der Waals surface area (Å²) >= 11 is 0. The van der Waals surface area contributed by atoms with Crippen LogP contribution in [0.25, 0.3) is 0 Å². The van der Waals surface area contributed by atoms with Gasteiger partial charge in [0.1, 0.15) is 6.10 Å². The minimum atomic E-state index is -0.401. The van der Waals surface area contributed by atoms with Crippen molar-refractivity contribution in [3.05, 3.63) is 18.7 Å². The highest BCUT2D eigenvalue weighted by molar-refractivity contribution is 5.80. The number of likely N-dealkylation sites (tertiary alicyclic amines) is 1. The lowest BCUT2D eigenvalue weighted by molar-refractivity contribution is -0.147. The van der Waals surface area contributed by atoms with Crippen LogP contribution in [0.1, 0.15) is 45.1 Å². The van der Waals surface area contributed by atoms with Gasteiger partial charge in [0.05, 0.1) is 25.1 Å². The van der Waals surface area contributed by atoms with Gasteiger partial charge in [0, 0.05) is 32.1 Å². The third-order valence-electron chi connectivity index (χ3n) is 4.81. The molecule has 6 heteroatoms. The van der Waals surface area contributed by atoms with Crippen LogP contribution in [0, 0.1) is 0 Å². The molecule has 6 nitrogen and oxygen atoms in total. The highest BCUT2D eigenvalue weighted by Gasteiger charge is 2.28. The van der Waals surface area contributed by atoms with E-state index in [1.807, 2.05) is 24.3 Å². The van der Waals surface area contributed by atoms with Gasteiger partial charge in [-0.05, 0) is 39.0 Å². The zero-order valence-electron chi connectivity index (χ0n) is 13.9. The van der Waals surface area contributed by atoms with Gasteiger partial charge >= 0.3 is 0 Å². The van der Waals surface area contributed by atoms with Crippen LogP contribution in [0.4, 0.5) is 0 Å². The summed E-state index contributed by atoms with van der Waals surface area (Å²) in [4.78, 5) is 18.7. The number of carbonyl (C=O) groups is 1. The lowest BCUT2D eigenvalue weighted by Gasteiger charge is -2.35. The molecule has 1 aromatic rings. The van der Waals surface area contributed by atoms with E-state index >= 15 is 0 Å². The number of hydrogen-bond acceptors (Lipinski definition) is 4. The molecule has 3 rings (SSSR count). The fourth-order valence-corrected chi connectivity index (χ4v) is 3.40. The Labute approximate surface area is 137 Å². The zero-order chi connectivity index (χ0) is 16.1. The molecular weight excluding hydrogens is 294 g/mol. The summed E-state index contributed by atoms with van der Waals surface area (Å²) in [7, 11) is 0. The molecule has 2 fully saturated rings. The topological polar surface area (TPSA) is 56.6 Å². The summed E-state index contributed by atoms with van der Waals surface area (Å²) in [6.07, 6.45) is 10.8. The van der Waals surface area contributed by atoms with Crippen molar-refractivity contribution in [2.45, 2.75) is 57.3 Å². The van der Waals surface area contributed by atoms with Gasteiger partial charge in [-0.3, -0.25) is 4.79 Å². The highest BCUT2D eigenvalue weighted by Crippen LogP contribution is 2.22. The van der Waals surface area contributed by atoms with Gasteiger partial charge in [-0.2, -0.15) is 0 Å². The average molecular weight is 321 g/mol. The number of amides is 1. The van der Waals surface area contributed by atoms with Gasteiger partial charge in [0.2, 0.25) is 0 Å². The average Bonchev–Trinajstić information content (AvgIpc) is 3.15. The Bertz CT molecular complexity index is 485. The van der Waals surface area contributed by atoms with Crippen molar-refractivity contribution < 1.29 is 14.3 Å². The molecule has 1 amide bonds. The van der Waals surface area contributed by atoms with E-state index in [0.29, 0.717) is 12.6 Å². The van der Waals surface area contributed by atoms with Crippen LogP contribution in [0.3, 0.4) is 0 Å². The van der Waals surface area contributed by atoms with Gasteiger partial charge in [-0.25, -0.2) is 4.98 Å². The molecule has 2 aliphatic rings. The van der Waals surface area contributed by atoms with E-state index in [4.69, 9.17) is 9.47 Å². The first kappa shape index (κ1) is 16.5. The highest BCUT2D eigenvalue weighted by atomic mass is 16.5. The van der Waals surface area contributed by atoms with Crippen LogP contribution in [0.5, 0.6) is 0 Å². The molecule has 0 unspecified atom stereocenters. The predicted molar refractivity (Wildman–Crippen MR) is 86.1 cm³/mol. The molecule has 3 heterocycles. The van der Waals surface area contributed by atoms with E-state index in [-0.39, 0.29) is 12.0 Å². The quantitative estimate of drug-likeness (QED) is 0.832. The van der Waals surface area contributed by atoms with Gasteiger partial charge in [-0.15, -0.1) is 0 Å². The van der Waals surface area contributed by atoms with Crippen LogP contribution >= 0.6 is 0 Å². The Morgan fingerprint density at radius 2 is 2.30 bits per heavy atom. The molecule has 128 valence electrons. The second-order valence-electron chi connectivity index (χ2n) is 6.55. The van der Waals surface area contributed by atoms with Crippen molar-refractivity contribution in [3.63, 3.8) is 0 Å². The van der Waals surface area contributed by atoms with Crippen molar-refractivity contribution in [1.82, 2.24) is 14.5 Å². The lowest BCUT2D eigenvalue weighted by atomic mass is 10.0. The predicted octanol–water partition coefficient (Wildman–Crippen LogP) is 2.02. The van der Waals surface area contributed by atoms with Gasteiger partial charge in [0.25, 0.3) is 5.91 Å². The maximum atomic E-state index is 12.6. The molecular formula is C17H27N3O3. The van der Waals surface area contributed by atoms with Gasteiger partial charge < -0.3 is 18.9 Å². The number of aromatic nitrogens is 2. The van der Waals surface area contributed by atoms with Crippen molar-refractivity contribution in [2.24, 2.45) is 0 Å². The van der Waals surface area contributed by atoms with Gasteiger partial charge in [0.15, 0.2) is 0 Å². The zero-order valence-corrected chi connectivity index (χ0v) is 13.9. The summed E-state index contributed by atoms with van der Waals surface area (Å²) in [6, 6.07) is 0.323. The molecule has 3 atom stereocenters. The number of piperidine rings is 1. The van der Waals surface area contributed by atoms with E-state index in [1.54, 1.807) is 6.20 Å². The monoisotopic (exact) mass is 321 g/mol. The third-order valence-corrected chi connectivity index (χ3v) is 4.81. The number of imidazole rings is 1. The fourth-order valence-electron chi connectivity index (χ4n) is 3.40. The Hall–Kier alpha value is -1.40. The molecule has 0 bridgehead atoms. The number of carbonyl (C=O) groups excluding carboxylic acids is 1. The van der Waals surface area contributed by atoms with E-state index in [2.05, 4.69) is 9.55 Å². The number of nitrogens with zero attached hydrogens (tertiary/aromatic N) is 3. The van der Waals surface area contributed by atoms with Crippen LogP contribution in [0.2, 0.25) is 0 Å².